The van der Waals surface area contributed by atoms with Gasteiger partial charge in [-0.05, 0) is 24.3 Å². The largest absolute Gasteiger partial charge is 0.459 e. The Morgan fingerprint density at radius 3 is 2.46 bits per heavy atom. The summed E-state index contributed by atoms with van der Waals surface area (Å²) < 4.78 is 5.13. The number of imide groups is 1. The van der Waals surface area contributed by atoms with E-state index in [4.69, 9.17) is 16.3 Å². The van der Waals surface area contributed by atoms with E-state index in [0.717, 1.165) is 11.3 Å². The van der Waals surface area contributed by atoms with Crippen LogP contribution in [0.1, 0.15) is 12.0 Å². The third-order valence-electron chi connectivity index (χ3n) is 5.04. The number of fused-ring (bicyclic) bond motifs is 5. The molecule has 0 spiro atoms. The van der Waals surface area contributed by atoms with Gasteiger partial charge in [0.05, 0.1) is 11.8 Å². The number of carbonyl (C=O) groups is 3. The molecule has 1 aromatic rings. The standard InChI is InChI=1S/C17H15ClN2O4/c18-12-4-1-9(6-19-12)8-24-13(21)7-20-16(22)14-10-2-3-11(5-10)15(14)17(20)23/h1-4,6,10-11,14-15H,5,7-8H2. The van der Waals surface area contributed by atoms with Crippen LogP contribution < -0.4 is 0 Å². The van der Waals surface area contributed by atoms with Crippen LogP contribution in [-0.2, 0) is 25.7 Å². The fourth-order valence-electron chi connectivity index (χ4n) is 3.95. The minimum Gasteiger partial charge on any atom is -0.459 e. The molecule has 1 aromatic heterocycles. The molecule has 2 heterocycles. The van der Waals surface area contributed by atoms with E-state index in [1.165, 1.54) is 6.20 Å². The number of carbonyl (C=O) groups excluding carboxylic acids is 3. The van der Waals surface area contributed by atoms with E-state index < -0.39 is 5.97 Å². The molecule has 0 aromatic carbocycles. The molecule has 2 fully saturated rings. The second-order valence-electron chi connectivity index (χ2n) is 6.41. The third kappa shape index (κ3) is 2.41. The van der Waals surface area contributed by atoms with Crippen LogP contribution in [0, 0.1) is 23.7 Å². The van der Waals surface area contributed by atoms with E-state index in [1.807, 2.05) is 12.2 Å². The number of esters is 1. The first-order chi connectivity index (χ1) is 11.5. The summed E-state index contributed by atoms with van der Waals surface area (Å²) in [4.78, 5) is 41.9. The lowest BCUT2D eigenvalue weighted by atomic mass is 9.85. The van der Waals surface area contributed by atoms with E-state index in [2.05, 4.69) is 4.98 Å². The Labute approximate surface area is 143 Å². The van der Waals surface area contributed by atoms with Crippen LogP contribution in [-0.4, -0.2) is 34.2 Å². The molecule has 24 heavy (non-hydrogen) atoms. The van der Waals surface area contributed by atoms with Gasteiger partial charge in [-0.1, -0.05) is 29.8 Å². The number of allylic oxidation sites excluding steroid dienone is 2. The quantitative estimate of drug-likeness (QED) is 0.358. The first-order valence-electron chi connectivity index (χ1n) is 7.84. The Balaban J connectivity index is 1.37. The van der Waals surface area contributed by atoms with Crippen molar-refractivity contribution in [3.05, 3.63) is 41.2 Å². The van der Waals surface area contributed by atoms with Crippen LogP contribution in [0.5, 0.6) is 0 Å². The van der Waals surface area contributed by atoms with E-state index >= 15 is 0 Å². The minimum atomic E-state index is -0.605. The molecular formula is C17H15ClN2O4. The first kappa shape index (κ1) is 15.3. The minimum absolute atomic E-state index is 0.0267. The summed E-state index contributed by atoms with van der Waals surface area (Å²) in [6.45, 7) is -0.302. The van der Waals surface area contributed by atoms with Gasteiger partial charge in [-0.15, -0.1) is 0 Å². The van der Waals surface area contributed by atoms with Crippen molar-refractivity contribution in [3.8, 4) is 0 Å². The summed E-state index contributed by atoms with van der Waals surface area (Å²) in [5.41, 5.74) is 0.686. The molecule has 4 atom stereocenters. The van der Waals surface area contributed by atoms with Crippen molar-refractivity contribution in [2.75, 3.05) is 6.54 Å². The fraction of sp³-hybridized carbons (Fsp3) is 0.412. The number of aromatic nitrogens is 1. The normalized spacial score (nSPS) is 30.1. The van der Waals surface area contributed by atoms with Crippen molar-refractivity contribution in [3.63, 3.8) is 0 Å². The van der Waals surface area contributed by atoms with Crippen LogP contribution in [0.4, 0.5) is 0 Å². The molecular weight excluding hydrogens is 332 g/mol. The van der Waals surface area contributed by atoms with E-state index in [-0.39, 0.29) is 48.6 Å². The van der Waals surface area contributed by atoms with Gasteiger partial charge in [0.1, 0.15) is 18.3 Å². The van der Waals surface area contributed by atoms with Gasteiger partial charge < -0.3 is 4.74 Å². The highest BCUT2D eigenvalue weighted by molar-refractivity contribution is 6.29. The van der Waals surface area contributed by atoms with Crippen LogP contribution in [0.2, 0.25) is 5.15 Å². The predicted molar refractivity (Wildman–Crippen MR) is 83.5 cm³/mol. The van der Waals surface area contributed by atoms with E-state index in [1.54, 1.807) is 12.1 Å². The maximum atomic E-state index is 12.5. The van der Waals surface area contributed by atoms with Crippen LogP contribution in [0.3, 0.4) is 0 Å². The van der Waals surface area contributed by atoms with E-state index in [0.29, 0.717) is 10.7 Å². The van der Waals surface area contributed by atoms with Crippen LogP contribution in [0.25, 0.3) is 0 Å². The summed E-state index contributed by atoms with van der Waals surface area (Å²) in [5.74, 6) is -1.40. The molecule has 3 aliphatic rings. The molecule has 1 saturated heterocycles. The zero-order valence-electron chi connectivity index (χ0n) is 12.7. The molecule has 2 aliphatic carbocycles. The maximum Gasteiger partial charge on any atom is 0.326 e. The Morgan fingerprint density at radius 1 is 1.21 bits per heavy atom. The molecule has 4 unspecified atom stereocenters. The van der Waals surface area contributed by atoms with Gasteiger partial charge >= 0.3 is 5.97 Å². The fourth-order valence-corrected chi connectivity index (χ4v) is 4.06. The zero-order chi connectivity index (χ0) is 16.8. The number of amides is 2. The summed E-state index contributed by atoms with van der Waals surface area (Å²) in [6.07, 6.45) is 6.42. The molecule has 0 N–H and O–H groups in total. The lowest BCUT2D eigenvalue weighted by Gasteiger charge is -2.16. The number of halogens is 1. The average Bonchev–Trinajstić information content (AvgIpc) is 3.24. The molecule has 4 rings (SSSR count). The highest BCUT2D eigenvalue weighted by Crippen LogP contribution is 2.52. The zero-order valence-corrected chi connectivity index (χ0v) is 13.5. The van der Waals surface area contributed by atoms with Crippen molar-refractivity contribution < 1.29 is 19.1 Å². The Morgan fingerprint density at radius 2 is 1.88 bits per heavy atom. The van der Waals surface area contributed by atoms with Gasteiger partial charge in [-0.2, -0.15) is 0 Å². The lowest BCUT2D eigenvalue weighted by Crippen LogP contribution is -2.37. The molecule has 7 heteroatoms. The number of hydrogen-bond donors (Lipinski definition) is 0. The van der Waals surface area contributed by atoms with Gasteiger partial charge in [0.25, 0.3) is 0 Å². The molecule has 1 aliphatic heterocycles. The molecule has 2 bridgehead atoms. The third-order valence-corrected chi connectivity index (χ3v) is 5.26. The highest BCUT2D eigenvalue weighted by atomic mass is 35.5. The SMILES string of the molecule is O=C(CN1C(=O)C2C3C=CC(C3)C2C1=O)OCc1ccc(Cl)nc1. The van der Waals surface area contributed by atoms with Gasteiger partial charge in [0.15, 0.2) is 0 Å². The van der Waals surface area contributed by atoms with Gasteiger partial charge in [0, 0.05) is 11.8 Å². The summed E-state index contributed by atoms with van der Waals surface area (Å²) in [7, 11) is 0. The summed E-state index contributed by atoms with van der Waals surface area (Å²) in [5, 5.41) is 0.355. The lowest BCUT2D eigenvalue weighted by molar-refractivity contribution is -0.154. The van der Waals surface area contributed by atoms with Crippen molar-refractivity contribution in [2.24, 2.45) is 23.7 Å². The number of pyridine rings is 1. The van der Waals surface area contributed by atoms with Crippen LogP contribution >= 0.6 is 11.6 Å². The summed E-state index contributed by atoms with van der Waals surface area (Å²) >= 11 is 5.69. The van der Waals surface area contributed by atoms with Crippen molar-refractivity contribution >= 4 is 29.4 Å². The summed E-state index contributed by atoms with van der Waals surface area (Å²) in [6, 6.07) is 3.30. The molecule has 2 amide bonds. The molecule has 0 radical (unpaired) electrons. The molecule has 6 nitrogen and oxygen atoms in total. The molecule has 124 valence electrons. The number of rotatable bonds is 4. The second kappa shape index (κ2) is 5.70. The molecule has 1 saturated carbocycles. The Hall–Kier alpha value is -2.21. The number of nitrogens with zero attached hydrogens (tertiary/aromatic N) is 2. The maximum absolute atomic E-state index is 12.5. The Bertz CT molecular complexity index is 715. The topological polar surface area (TPSA) is 76.6 Å². The highest BCUT2D eigenvalue weighted by Gasteiger charge is 2.59. The van der Waals surface area contributed by atoms with Crippen molar-refractivity contribution in [2.45, 2.75) is 13.0 Å². The average molecular weight is 347 g/mol. The van der Waals surface area contributed by atoms with Gasteiger partial charge in [-0.25, -0.2) is 4.98 Å². The smallest absolute Gasteiger partial charge is 0.326 e. The monoisotopic (exact) mass is 346 g/mol. The Kier molecular flexibility index (Phi) is 3.64. The second-order valence-corrected chi connectivity index (χ2v) is 6.80. The first-order valence-corrected chi connectivity index (χ1v) is 8.22. The van der Waals surface area contributed by atoms with Gasteiger partial charge in [0.2, 0.25) is 11.8 Å². The predicted octanol–water partition coefficient (Wildman–Crippen LogP) is 1.59. The van der Waals surface area contributed by atoms with Crippen LogP contribution in [0.15, 0.2) is 30.5 Å². The van der Waals surface area contributed by atoms with Gasteiger partial charge in [-0.3, -0.25) is 19.3 Å². The van der Waals surface area contributed by atoms with Crippen molar-refractivity contribution in [1.82, 2.24) is 9.88 Å². The van der Waals surface area contributed by atoms with Crippen molar-refractivity contribution in [1.29, 1.82) is 0 Å². The van der Waals surface area contributed by atoms with E-state index in [9.17, 15) is 14.4 Å². The number of likely N-dealkylation sites (tertiary alicyclic amines) is 1. The number of hydrogen-bond acceptors (Lipinski definition) is 5. The number of ether oxygens (including phenoxy) is 1.